The molecule has 7 aromatic rings. The van der Waals surface area contributed by atoms with E-state index >= 15 is 0 Å². The van der Waals surface area contributed by atoms with Crippen molar-refractivity contribution in [2.75, 3.05) is 0 Å². The fraction of sp³-hybridized carbons (Fsp3) is 0. The summed E-state index contributed by atoms with van der Waals surface area (Å²) < 4.78 is 0. The van der Waals surface area contributed by atoms with E-state index in [0.29, 0.717) is 0 Å². The first-order valence-corrected chi connectivity index (χ1v) is 12.5. The van der Waals surface area contributed by atoms with E-state index in [1.54, 1.807) is 0 Å². The third-order valence-electron chi connectivity index (χ3n) is 7.29. The van der Waals surface area contributed by atoms with Crippen LogP contribution in [-0.2, 0) is 0 Å². The predicted octanol–water partition coefficient (Wildman–Crippen LogP) is 10.1. The van der Waals surface area contributed by atoms with Crippen LogP contribution in [0.25, 0.3) is 65.7 Å². The van der Waals surface area contributed by atoms with Crippen molar-refractivity contribution in [2.24, 2.45) is 0 Å². The first-order chi connectivity index (χ1) is 17.9. The van der Waals surface area contributed by atoms with Crippen molar-refractivity contribution in [3.05, 3.63) is 146 Å². The summed E-state index contributed by atoms with van der Waals surface area (Å²) in [5, 5.41) is 7.67. The van der Waals surface area contributed by atoms with Gasteiger partial charge in [0.15, 0.2) is 0 Å². The minimum atomic E-state index is 1.23. The van der Waals surface area contributed by atoms with E-state index in [9.17, 15) is 0 Å². The van der Waals surface area contributed by atoms with Gasteiger partial charge < -0.3 is 0 Å². The van der Waals surface area contributed by atoms with Crippen LogP contribution in [0.5, 0.6) is 0 Å². The molecule has 0 saturated heterocycles. The average molecular weight is 457 g/mol. The minimum absolute atomic E-state index is 1.23. The Balaban J connectivity index is 1.62. The number of fused-ring (bicyclic) bond motifs is 4. The second-order valence-electron chi connectivity index (χ2n) is 9.31. The Kier molecular flexibility index (Phi) is 4.89. The monoisotopic (exact) mass is 456 g/mol. The number of hydrogen-bond donors (Lipinski definition) is 0. The lowest BCUT2D eigenvalue weighted by Gasteiger charge is -2.19. The molecule has 0 amide bonds. The van der Waals surface area contributed by atoms with Crippen molar-refractivity contribution in [2.45, 2.75) is 0 Å². The van der Waals surface area contributed by atoms with Crippen LogP contribution in [0, 0.1) is 0 Å². The molecule has 0 N–H and O–H groups in total. The molecule has 0 radical (unpaired) electrons. The van der Waals surface area contributed by atoms with Crippen molar-refractivity contribution in [1.82, 2.24) is 0 Å². The second kappa shape index (κ2) is 8.52. The molecule has 36 heavy (non-hydrogen) atoms. The van der Waals surface area contributed by atoms with Crippen molar-refractivity contribution in [3.63, 3.8) is 0 Å². The summed E-state index contributed by atoms with van der Waals surface area (Å²) in [6, 6.07) is 52.8. The molecule has 168 valence electrons. The van der Waals surface area contributed by atoms with Gasteiger partial charge in [-0.3, -0.25) is 0 Å². The Morgan fingerprint density at radius 2 is 0.806 bits per heavy atom. The van der Waals surface area contributed by atoms with Gasteiger partial charge in [-0.15, -0.1) is 0 Å². The first-order valence-electron chi connectivity index (χ1n) is 12.5. The molecule has 0 bridgehead atoms. The van der Waals surface area contributed by atoms with Gasteiger partial charge in [-0.25, -0.2) is 0 Å². The van der Waals surface area contributed by atoms with Gasteiger partial charge in [0.2, 0.25) is 0 Å². The van der Waals surface area contributed by atoms with E-state index in [0.717, 1.165) is 0 Å². The van der Waals surface area contributed by atoms with Crippen LogP contribution in [-0.4, -0.2) is 0 Å². The Bertz CT molecular complexity index is 1870. The Labute approximate surface area is 211 Å². The summed E-state index contributed by atoms with van der Waals surface area (Å²) in [6.45, 7) is 0. The van der Waals surface area contributed by atoms with Gasteiger partial charge in [-0.2, -0.15) is 0 Å². The molecular weight excluding hydrogens is 432 g/mol. The Morgan fingerprint density at radius 1 is 0.250 bits per heavy atom. The van der Waals surface area contributed by atoms with E-state index in [1.807, 2.05) is 0 Å². The van der Waals surface area contributed by atoms with Crippen LogP contribution >= 0.6 is 0 Å². The van der Waals surface area contributed by atoms with Crippen LogP contribution in [0.3, 0.4) is 0 Å². The smallest absolute Gasteiger partial charge is 0.00204 e. The second-order valence-corrected chi connectivity index (χ2v) is 9.31. The van der Waals surface area contributed by atoms with E-state index in [4.69, 9.17) is 0 Å². The summed E-state index contributed by atoms with van der Waals surface area (Å²) in [5.74, 6) is 0. The van der Waals surface area contributed by atoms with E-state index in [2.05, 4.69) is 146 Å². The zero-order valence-corrected chi connectivity index (χ0v) is 19.9. The first kappa shape index (κ1) is 20.7. The van der Waals surface area contributed by atoms with Crippen LogP contribution in [0.2, 0.25) is 0 Å². The molecule has 7 aromatic carbocycles. The highest BCUT2D eigenvalue weighted by atomic mass is 14.2. The third-order valence-corrected chi connectivity index (χ3v) is 7.29. The fourth-order valence-electron chi connectivity index (χ4n) is 5.64. The molecule has 0 nitrogen and oxygen atoms in total. The molecule has 0 aromatic heterocycles. The van der Waals surface area contributed by atoms with Gasteiger partial charge in [0.05, 0.1) is 0 Å². The summed E-state index contributed by atoms with van der Waals surface area (Å²) in [6.07, 6.45) is 0. The van der Waals surface area contributed by atoms with Gasteiger partial charge in [0.25, 0.3) is 0 Å². The molecule has 0 heterocycles. The van der Waals surface area contributed by atoms with Gasteiger partial charge in [-0.1, -0.05) is 146 Å². The molecule has 0 saturated carbocycles. The zero-order valence-electron chi connectivity index (χ0n) is 19.9. The highest BCUT2D eigenvalue weighted by Gasteiger charge is 2.18. The quantitative estimate of drug-likeness (QED) is 0.232. The van der Waals surface area contributed by atoms with Crippen molar-refractivity contribution in [1.29, 1.82) is 0 Å². The van der Waals surface area contributed by atoms with Crippen molar-refractivity contribution < 1.29 is 0 Å². The normalized spacial score (nSPS) is 11.3. The van der Waals surface area contributed by atoms with Gasteiger partial charge in [-0.05, 0) is 65.7 Å². The zero-order chi connectivity index (χ0) is 23.9. The summed E-state index contributed by atoms with van der Waals surface area (Å²) in [5.41, 5.74) is 7.54. The van der Waals surface area contributed by atoms with E-state index in [1.165, 1.54) is 65.7 Å². The summed E-state index contributed by atoms with van der Waals surface area (Å²) in [4.78, 5) is 0. The largest absolute Gasteiger partial charge is 0.0622 e. The van der Waals surface area contributed by atoms with Crippen LogP contribution in [0.15, 0.2) is 146 Å². The maximum absolute atomic E-state index is 2.29. The standard InChI is InChI=1S/C36H24/c1-2-11-26(12-3-1)30-18-9-21-34(32-19-8-15-25-13-4-6-16-28(25)32)36(30)35-22-10-20-31-29-17-7-5-14-27(29)23-24-33(31)35/h1-24H. The van der Waals surface area contributed by atoms with Crippen molar-refractivity contribution in [3.8, 4) is 33.4 Å². The van der Waals surface area contributed by atoms with Crippen molar-refractivity contribution >= 4 is 32.3 Å². The SMILES string of the molecule is c1ccc(-c2cccc(-c3cccc4ccccc34)c2-c2cccc3c2ccc2ccccc23)cc1. The molecular formula is C36H24. The minimum Gasteiger partial charge on any atom is -0.0622 e. The lowest BCUT2D eigenvalue weighted by Crippen LogP contribution is -1.93. The van der Waals surface area contributed by atoms with Gasteiger partial charge in [0, 0.05) is 0 Å². The highest BCUT2D eigenvalue weighted by molar-refractivity contribution is 6.15. The van der Waals surface area contributed by atoms with E-state index in [-0.39, 0.29) is 0 Å². The van der Waals surface area contributed by atoms with Gasteiger partial charge in [0.1, 0.15) is 0 Å². The highest BCUT2D eigenvalue weighted by Crippen LogP contribution is 2.45. The Hall–Kier alpha value is -4.68. The lowest BCUT2D eigenvalue weighted by molar-refractivity contribution is 1.58. The molecule has 0 heteroatoms. The fourth-order valence-corrected chi connectivity index (χ4v) is 5.64. The number of rotatable bonds is 3. The maximum Gasteiger partial charge on any atom is -0.00204 e. The van der Waals surface area contributed by atoms with E-state index < -0.39 is 0 Å². The lowest BCUT2D eigenvalue weighted by atomic mass is 9.84. The molecule has 0 spiro atoms. The summed E-state index contributed by atoms with van der Waals surface area (Å²) in [7, 11) is 0. The van der Waals surface area contributed by atoms with Crippen LogP contribution < -0.4 is 0 Å². The molecule has 0 aliphatic carbocycles. The molecule has 0 fully saturated rings. The van der Waals surface area contributed by atoms with Crippen LogP contribution in [0.4, 0.5) is 0 Å². The average Bonchev–Trinajstić information content (AvgIpc) is 2.96. The maximum atomic E-state index is 2.29. The molecule has 0 atom stereocenters. The van der Waals surface area contributed by atoms with Gasteiger partial charge >= 0.3 is 0 Å². The predicted molar refractivity (Wildman–Crippen MR) is 155 cm³/mol. The molecule has 7 rings (SSSR count). The Morgan fingerprint density at radius 3 is 1.67 bits per heavy atom. The number of hydrogen-bond acceptors (Lipinski definition) is 0. The summed E-state index contributed by atoms with van der Waals surface area (Å²) >= 11 is 0. The third kappa shape index (κ3) is 3.31. The molecule has 0 aliphatic rings. The molecule has 0 aliphatic heterocycles. The number of benzene rings is 7. The molecule has 0 unspecified atom stereocenters. The topological polar surface area (TPSA) is 0 Å². The van der Waals surface area contributed by atoms with Crippen LogP contribution in [0.1, 0.15) is 0 Å².